The van der Waals surface area contributed by atoms with E-state index in [-0.39, 0.29) is 31.1 Å². The van der Waals surface area contributed by atoms with E-state index in [0.717, 1.165) is 103 Å². The summed E-state index contributed by atoms with van der Waals surface area (Å²) in [5.74, 6) is -0.938. The minimum Gasteiger partial charge on any atom is -0.462 e. The lowest BCUT2D eigenvalue weighted by Gasteiger charge is -2.18. The number of esters is 3. The molecule has 0 aromatic carbocycles. The average Bonchev–Trinajstić information content (AvgIpc) is 3.30. The van der Waals surface area contributed by atoms with Crippen LogP contribution in [0.1, 0.15) is 252 Å². The maximum atomic E-state index is 12.8. The van der Waals surface area contributed by atoms with Crippen molar-refractivity contribution in [1.29, 1.82) is 0 Å². The van der Waals surface area contributed by atoms with Gasteiger partial charge in [0.05, 0.1) is 0 Å². The Bertz CT molecular complexity index is 1270. The van der Waals surface area contributed by atoms with Gasteiger partial charge in [-0.15, -0.1) is 0 Å². The van der Waals surface area contributed by atoms with Crippen LogP contribution in [0.5, 0.6) is 0 Å². The predicted octanol–water partition coefficient (Wildman–Crippen LogP) is 18.0. The maximum absolute atomic E-state index is 12.8. The van der Waals surface area contributed by atoms with E-state index in [9.17, 15) is 14.4 Å². The quantitative estimate of drug-likeness (QED) is 0.0262. The maximum Gasteiger partial charge on any atom is 0.306 e. The van der Waals surface area contributed by atoms with Crippen molar-refractivity contribution in [1.82, 2.24) is 0 Å². The van der Waals surface area contributed by atoms with Gasteiger partial charge < -0.3 is 14.2 Å². The lowest BCUT2D eigenvalue weighted by atomic mass is 10.1. The third-order valence-corrected chi connectivity index (χ3v) is 11.4. The van der Waals surface area contributed by atoms with Gasteiger partial charge in [0.15, 0.2) is 6.10 Å². The van der Waals surface area contributed by atoms with Crippen molar-refractivity contribution in [2.75, 3.05) is 13.2 Å². The van der Waals surface area contributed by atoms with Crippen LogP contribution in [0.4, 0.5) is 0 Å². The molecule has 0 aliphatic heterocycles. The van der Waals surface area contributed by atoms with Gasteiger partial charge in [-0.3, -0.25) is 14.4 Å². The smallest absolute Gasteiger partial charge is 0.306 e. The normalized spacial score (nSPS) is 12.7. The molecule has 0 N–H and O–H groups in total. The standard InChI is InChI=1S/C59H100O6/c1-4-7-10-13-16-19-22-25-27-28-29-30-32-34-37-40-43-46-49-52-58(61)64-55-56(54-63-57(60)51-48-45-42-39-36-33-24-21-18-15-12-9-6-3)65-59(62)53-50-47-44-41-38-35-31-26-23-20-17-14-11-8-5-2/h7,10,16,19-21,23-25,27,29-30,34,37,56H,4-6,8-9,11-15,17-18,22,26,28,31-33,35-36,38-55H2,1-3H3/b10-7+,19-16+,23-20+,24-21+,27-25+,30-29+,37-34+/t56-/m1/s1. The molecule has 0 unspecified atom stereocenters. The van der Waals surface area contributed by atoms with Gasteiger partial charge >= 0.3 is 17.9 Å². The Kier molecular flexibility index (Phi) is 50.4. The van der Waals surface area contributed by atoms with E-state index in [4.69, 9.17) is 14.2 Å². The van der Waals surface area contributed by atoms with Gasteiger partial charge in [-0.05, 0) is 116 Å². The molecule has 0 rings (SSSR count). The number of hydrogen-bond donors (Lipinski definition) is 0. The van der Waals surface area contributed by atoms with Crippen LogP contribution in [0.15, 0.2) is 85.1 Å². The van der Waals surface area contributed by atoms with Gasteiger partial charge in [0.1, 0.15) is 13.2 Å². The van der Waals surface area contributed by atoms with Crippen molar-refractivity contribution in [2.45, 2.75) is 258 Å². The van der Waals surface area contributed by atoms with Crippen molar-refractivity contribution in [3.8, 4) is 0 Å². The van der Waals surface area contributed by atoms with Crippen molar-refractivity contribution >= 4 is 17.9 Å². The molecule has 0 aromatic rings. The van der Waals surface area contributed by atoms with Gasteiger partial charge in [-0.1, -0.05) is 202 Å². The molecule has 0 aliphatic carbocycles. The molecule has 372 valence electrons. The van der Waals surface area contributed by atoms with Crippen LogP contribution in [-0.2, 0) is 28.6 Å². The molecule has 6 nitrogen and oxygen atoms in total. The predicted molar refractivity (Wildman–Crippen MR) is 279 cm³/mol. The second-order valence-corrected chi connectivity index (χ2v) is 17.7. The first kappa shape index (κ1) is 61.6. The highest BCUT2D eigenvalue weighted by Gasteiger charge is 2.19. The second-order valence-electron chi connectivity index (χ2n) is 17.7. The summed E-state index contributed by atoms with van der Waals surface area (Å²) in [6.07, 6.45) is 68.5. The van der Waals surface area contributed by atoms with Crippen molar-refractivity contribution < 1.29 is 28.6 Å². The molecule has 0 bridgehead atoms. The van der Waals surface area contributed by atoms with Crippen LogP contribution >= 0.6 is 0 Å². The van der Waals surface area contributed by atoms with Gasteiger partial charge in [-0.2, -0.15) is 0 Å². The van der Waals surface area contributed by atoms with Crippen LogP contribution in [0.3, 0.4) is 0 Å². The Morgan fingerprint density at radius 3 is 0.969 bits per heavy atom. The molecule has 0 heterocycles. The summed E-state index contributed by atoms with van der Waals surface area (Å²) in [6.45, 7) is 6.46. The van der Waals surface area contributed by atoms with Gasteiger partial charge in [0.2, 0.25) is 0 Å². The summed E-state index contributed by atoms with van der Waals surface area (Å²) >= 11 is 0. The topological polar surface area (TPSA) is 78.9 Å². The zero-order valence-electron chi connectivity index (χ0n) is 42.5. The molecule has 0 fully saturated rings. The van der Waals surface area contributed by atoms with Gasteiger partial charge in [-0.25, -0.2) is 0 Å². The summed E-state index contributed by atoms with van der Waals surface area (Å²) in [7, 11) is 0. The van der Waals surface area contributed by atoms with Gasteiger partial charge in [0, 0.05) is 19.3 Å². The molecule has 0 saturated heterocycles. The highest BCUT2D eigenvalue weighted by molar-refractivity contribution is 5.71. The fourth-order valence-corrected chi connectivity index (χ4v) is 7.28. The largest absolute Gasteiger partial charge is 0.462 e. The molecule has 0 aliphatic rings. The van der Waals surface area contributed by atoms with E-state index in [1.54, 1.807) is 0 Å². The third-order valence-electron chi connectivity index (χ3n) is 11.4. The summed E-state index contributed by atoms with van der Waals surface area (Å²) in [4.78, 5) is 38.0. The van der Waals surface area contributed by atoms with E-state index in [1.807, 2.05) is 0 Å². The highest BCUT2D eigenvalue weighted by Crippen LogP contribution is 2.14. The molecular weight excluding hydrogens is 805 g/mol. The zero-order chi connectivity index (χ0) is 47.2. The molecule has 65 heavy (non-hydrogen) atoms. The highest BCUT2D eigenvalue weighted by atomic mass is 16.6. The number of hydrogen-bond acceptors (Lipinski definition) is 6. The van der Waals surface area contributed by atoms with Crippen LogP contribution in [0.25, 0.3) is 0 Å². The number of carbonyl (C=O) groups excluding carboxylic acids is 3. The Morgan fingerprint density at radius 2 is 0.600 bits per heavy atom. The monoisotopic (exact) mass is 905 g/mol. The van der Waals surface area contributed by atoms with E-state index in [0.29, 0.717) is 19.3 Å². The summed E-state index contributed by atoms with van der Waals surface area (Å²) in [5, 5.41) is 0. The second kappa shape index (κ2) is 53.2. The first-order chi connectivity index (χ1) is 32.0. The number of ether oxygens (including phenoxy) is 3. The van der Waals surface area contributed by atoms with E-state index < -0.39 is 6.10 Å². The molecule has 0 aromatic heterocycles. The molecule has 0 spiro atoms. The number of unbranched alkanes of at least 4 members (excludes halogenated alkanes) is 23. The van der Waals surface area contributed by atoms with Crippen molar-refractivity contribution in [2.24, 2.45) is 0 Å². The molecule has 6 heteroatoms. The number of rotatable bonds is 48. The lowest BCUT2D eigenvalue weighted by Crippen LogP contribution is -2.30. The first-order valence-corrected chi connectivity index (χ1v) is 27.1. The van der Waals surface area contributed by atoms with Crippen molar-refractivity contribution in [3.05, 3.63) is 85.1 Å². The van der Waals surface area contributed by atoms with Crippen molar-refractivity contribution in [3.63, 3.8) is 0 Å². The average molecular weight is 905 g/mol. The van der Waals surface area contributed by atoms with Crippen LogP contribution in [-0.4, -0.2) is 37.2 Å². The van der Waals surface area contributed by atoms with Crippen LogP contribution < -0.4 is 0 Å². The zero-order valence-corrected chi connectivity index (χ0v) is 42.5. The first-order valence-electron chi connectivity index (χ1n) is 27.1. The van der Waals surface area contributed by atoms with Crippen LogP contribution in [0.2, 0.25) is 0 Å². The van der Waals surface area contributed by atoms with Gasteiger partial charge in [0.25, 0.3) is 0 Å². The fourth-order valence-electron chi connectivity index (χ4n) is 7.28. The van der Waals surface area contributed by atoms with E-state index in [2.05, 4.69) is 106 Å². The Morgan fingerprint density at radius 1 is 0.323 bits per heavy atom. The summed E-state index contributed by atoms with van der Waals surface area (Å²) < 4.78 is 16.8. The Balaban J connectivity index is 4.45. The SMILES string of the molecule is CC/C=C/C/C=C/C/C=C/C/C=C/C/C=C/CCCCCC(=O)OC[C@@H](COC(=O)CCCCCCC/C=C/CCCCCC)OC(=O)CCCCCCCCC/C=C/CCCCCC. The van der Waals surface area contributed by atoms with Crippen LogP contribution in [0, 0.1) is 0 Å². The fraction of sp³-hybridized carbons (Fsp3) is 0.712. The Labute approximate surface area is 401 Å². The third kappa shape index (κ3) is 51.4. The molecule has 0 saturated carbocycles. The molecule has 0 radical (unpaired) electrons. The lowest BCUT2D eigenvalue weighted by molar-refractivity contribution is -0.167. The van der Waals surface area contributed by atoms with E-state index >= 15 is 0 Å². The molecule has 1 atom stereocenters. The van der Waals surface area contributed by atoms with E-state index in [1.165, 1.54) is 109 Å². The number of carbonyl (C=O) groups is 3. The Hall–Kier alpha value is -3.41. The minimum atomic E-state index is -0.796. The minimum absolute atomic E-state index is 0.0933. The summed E-state index contributed by atoms with van der Waals surface area (Å²) in [5.41, 5.74) is 0. The summed E-state index contributed by atoms with van der Waals surface area (Å²) in [6, 6.07) is 0. The molecule has 0 amide bonds. The number of allylic oxidation sites excluding steroid dienone is 14. The molecular formula is C59H100O6.